The van der Waals surface area contributed by atoms with E-state index >= 15 is 0 Å². The van der Waals surface area contributed by atoms with E-state index < -0.39 is 11.5 Å². The van der Waals surface area contributed by atoms with Gasteiger partial charge in [0.2, 0.25) is 0 Å². The van der Waals surface area contributed by atoms with Crippen LogP contribution < -0.4 is 10.1 Å². The number of rotatable bonds is 5. The molecule has 0 heterocycles. The first-order chi connectivity index (χ1) is 9.97. The highest BCUT2D eigenvalue weighted by molar-refractivity contribution is 5.85. The van der Waals surface area contributed by atoms with Crippen LogP contribution in [0.5, 0.6) is 5.75 Å². The Bertz CT molecular complexity index is 654. The number of hydrogen-bond acceptors (Lipinski definition) is 3. The quantitative estimate of drug-likeness (QED) is 0.883. The SMILES string of the molecule is COc1ccccc1C(C)(Nc1cccc(C)c1)C(=O)O. The van der Waals surface area contributed by atoms with Crippen LogP contribution >= 0.6 is 0 Å². The van der Waals surface area contributed by atoms with Crippen LogP contribution in [0.25, 0.3) is 0 Å². The summed E-state index contributed by atoms with van der Waals surface area (Å²) >= 11 is 0. The monoisotopic (exact) mass is 285 g/mol. The lowest BCUT2D eigenvalue weighted by Crippen LogP contribution is -2.40. The number of carboxylic acids is 1. The Morgan fingerprint density at radius 1 is 1.19 bits per heavy atom. The Labute approximate surface area is 124 Å². The minimum atomic E-state index is -1.28. The average Bonchev–Trinajstić information content (AvgIpc) is 2.47. The van der Waals surface area contributed by atoms with E-state index in [-0.39, 0.29) is 0 Å². The van der Waals surface area contributed by atoms with Crippen LogP contribution in [0, 0.1) is 6.92 Å². The van der Waals surface area contributed by atoms with Crippen molar-refractivity contribution in [2.45, 2.75) is 19.4 Å². The summed E-state index contributed by atoms with van der Waals surface area (Å²) in [5.41, 5.74) is 1.13. The predicted octanol–water partition coefficient (Wildman–Crippen LogP) is 3.42. The van der Waals surface area contributed by atoms with Gasteiger partial charge >= 0.3 is 5.97 Å². The Morgan fingerprint density at radius 3 is 2.52 bits per heavy atom. The summed E-state index contributed by atoms with van der Waals surface area (Å²) in [4.78, 5) is 11.9. The number of aryl methyl sites for hydroxylation is 1. The van der Waals surface area contributed by atoms with Gasteiger partial charge in [-0.3, -0.25) is 0 Å². The average molecular weight is 285 g/mol. The summed E-state index contributed by atoms with van der Waals surface area (Å²) < 4.78 is 5.30. The summed E-state index contributed by atoms with van der Waals surface area (Å²) in [6, 6.07) is 14.8. The van der Waals surface area contributed by atoms with Gasteiger partial charge in [0.15, 0.2) is 5.54 Å². The molecule has 2 N–H and O–H groups in total. The minimum absolute atomic E-state index is 0.544. The summed E-state index contributed by atoms with van der Waals surface area (Å²) in [5, 5.41) is 12.8. The number of para-hydroxylation sites is 1. The molecule has 0 fully saturated rings. The molecule has 110 valence electrons. The van der Waals surface area contributed by atoms with Gasteiger partial charge in [-0.15, -0.1) is 0 Å². The zero-order valence-electron chi connectivity index (χ0n) is 12.4. The molecule has 1 atom stereocenters. The second-order valence-electron chi connectivity index (χ2n) is 5.12. The van der Waals surface area contributed by atoms with Gasteiger partial charge < -0.3 is 15.2 Å². The molecular formula is C17H19NO3. The van der Waals surface area contributed by atoms with E-state index in [1.807, 2.05) is 37.3 Å². The van der Waals surface area contributed by atoms with Crippen molar-refractivity contribution in [2.24, 2.45) is 0 Å². The molecule has 0 amide bonds. The summed E-state index contributed by atoms with van der Waals surface area (Å²) in [7, 11) is 1.54. The standard InChI is InChI=1S/C17H19NO3/c1-12-7-6-8-13(11-12)18-17(2,16(19)20)14-9-4-5-10-15(14)21-3/h4-11,18H,1-3H3,(H,19,20). The molecule has 0 aliphatic carbocycles. The Kier molecular flexibility index (Phi) is 4.17. The van der Waals surface area contributed by atoms with E-state index in [1.54, 1.807) is 25.1 Å². The summed E-state index contributed by atoms with van der Waals surface area (Å²) in [6.07, 6.45) is 0. The number of carboxylic acid groups (broad SMARTS) is 1. The fourth-order valence-electron chi connectivity index (χ4n) is 2.31. The number of benzene rings is 2. The number of anilines is 1. The molecule has 0 radical (unpaired) electrons. The van der Waals surface area contributed by atoms with Gasteiger partial charge in [-0.05, 0) is 37.6 Å². The molecule has 0 spiro atoms. The van der Waals surface area contributed by atoms with Crippen molar-refractivity contribution in [1.29, 1.82) is 0 Å². The van der Waals surface area contributed by atoms with E-state index in [4.69, 9.17) is 4.74 Å². The number of methoxy groups -OCH3 is 1. The lowest BCUT2D eigenvalue weighted by atomic mass is 9.90. The maximum absolute atomic E-state index is 11.9. The van der Waals surface area contributed by atoms with E-state index in [0.717, 1.165) is 11.3 Å². The fraction of sp³-hybridized carbons (Fsp3) is 0.235. The summed E-state index contributed by atoms with van der Waals surface area (Å²) in [6.45, 7) is 3.60. The Hall–Kier alpha value is -2.49. The van der Waals surface area contributed by atoms with Crippen LogP contribution in [0.2, 0.25) is 0 Å². The van der Waals surface area contributed by atoms with Crippen LogP contribution in [0.1, 0.15) is 18.1 Å². The van der Waals surface area contributed by atoms with E-state index in [9.17, 15) is 9.90 Å². The van der Waals surface area contributed by atoms with Crippen LogP contribution in [0.15, 0.2) is 48.5 Å². The molecule has 21 heavy (non-hydrogen) atoms. The van der Waals surface area contributed by atoms with Crippen molar-refractivity contribution in [3.05, 3.63) is 59.7 Å². The summed E-state index contributed by atoms with van der Waals surface area (Å²) in [5.74, 6) is -0.420. The van der Waals surface area contributed by atoms with Crippen molar-refractivity contribution in [3.63, 3.8) is 0 Å². The Balaban J connectivity index is 2.48. The first kappa shape index (κ1) is 14.9. The Morgan fingerprint density at radius 2 is 1.90 bits per heavy atom. The molecule has 2 aromatic rings. The lowest BCUT2D eigenvalue weighted by Gasteiger charge is -2.29. The van der Waals surface area contributed by atoms with Crippen molar-refractivity contribution >= 4 is 11.7 Å². The van der Waals surface area contributed by atoms with Gasteiger partial charge in [-0.2, -0.15) is 0 Å². The molecule has 4 heteroatoms. The first-order valence-electron chi connectivity index (χ1n) is 6.69. The highest BCUT2D eigenvalue weighted by Crippen LogP contribution is 2.33. The normalized spacial score (nSPS) is 13.3. The molecule has 0 aliphatic heterocycles. The van der Waals surface area contributed by atoms with E-state index in [1.165, 1.54) is 7.11 Å². The second-order valence-corrected chi connectivity index (χ2v) is 5.12. The van der Waals surface area contributed by atoms with Gasteiger partial charge in [0.1, 0.15) is 5.75 Å². The molecule has 0 bridgehead atoms. The maximum atomic E-state index is 11.9. The molecule has 2 aromatic carbocycles. The van der Waals surface area contributed by atoms with Gasteiger partial charge in [0.25, 0.3) is 0 Å². The van der Waals surface area contributed by atoms with Gasteiger partial charge in [-0.25, -0.2) is 4.79 Å². The number of hydrogen-bond donors (Lipinski definition) is 2. The predicted molar refractivity (Wildman–Crippen MR) is 82.8 cm³/mol. The number of nitrogens with one attached hydrogen (secondary N) is 1. The molecule has 2 rings (SSSR count). The third-order valence-corrected chi connectivity index (χ3v) is 3.49. The second kappa shape index (κ2) is 5.87. The van der Waals surface area contributed by atoms with Crippen molar-refractivity contribution in [1.82, 2.24) is 0 Å². The van der Waals surface area contributed by atoms with Crippen LogP contribution in [-0.2, 0) is 10.3 Å². The number of aliphatic carboxylic acids is 1. The zero-order valence-corrected chi connectivity index (χ0v) is 12.4. The van der Waals surface area contributed by atoms with E-state index in [2.05, 4.69) is 5.32 Å². The zero-order chi connectivity index (χ0) is 15.5. The maximum Gasteiger partial charge on any atom is 0.333 e. The molecule has 0 aromatic heterocycles. The van der Waals surface area contributed by atoms with Crippen molar-refractivity contribution in [2.75, 3.05) is 12.4 Å². The first-order valence-corrected chi connectivity index (χ1v) is 6.69. The molecular weight excluding hydrogens is 266 g/mol. The molecule has 0 saturated carbocycles. The van der Waals surface area contributed by atoms with Gasteiger partial charge in [0, 0.05) is 11.3 Å². The fourth-order valence-corrected chi connectivity index (χ4v) is 2.31. The molecule has 0 aliphatic rings. The number of carbonyl (C=O) groups is 1. The smallest absolute Gasteiger partial charge is 0.333 e. The van der Waals surface area contributed by atoms with Crippen LogP contribution in [0.3, 0.4) is 0 Å². The highest BCUT2D eigenvalue weighted by Gasteiger charge is 2.37. The minimum Gasteiger partial charge on any atom is -0.496 e. The van der Waals surface area contributed by atoms with Gasteiger partial charge in [-0.1, -0.05) is 30.3 Å². The van der Waals surface area contributed by atoms with Crippen LogP contribution in [-0.4, -0.2) is 18.2 Å². The third kappa shape index (κ3) is 2.99. The molecule has 1 unspecified atom stereocenters. The third-order valence-electron chi connectivity index (χ3n) is 3.49. The molecule has 4 nitrogen and oxygen atoms in total. The van der Waals surface area contributed by atoms with Crippen molar-refractivity contribution in [3.8, 4) is 5.75 Å². The largest absolute Gasteiger partial charge is 0.496 e. The topological polar surface area (TPSA) is 58.6 Å². The van der Waals surface area contributed by atoms with Crippen LogP contribution in [0.4, 0.5) is 5.69 Å². The van der Waals surface area contributed by atoms with Gasteiger partial charge in [0.05, 0.1) is 7.11 Å². The van der Waals surface area contributed by atoms with Crippen molar-refractivity contribution < 1.29 is 14.6 Å². The number of ether oxygens (including phenoxy) is 1. The lowest BCUT2D eigenvalue weighted by molar-refractivity contribution is -0.142. The molecule has 0 saturated heterocycles. The highest BCUT2D eigenvalue weighted by atomic mass is 16.5. The van der Waals surface area contributed by atoms with E-state index in [0.29, 0.717) is 11.3 Å².